The molecule has 1 amide bonds. The van der Waals surface area contributed by atoms with Gasteiger partial charge in [-0.15, -0.1) is 21.5 Å². The van der Waals surface area contributed by atoms with Crippen molar-refractivity contribution in [3.63, 3.8) is 0 Å². The van der Waals surface area contributed by atoms with Crippen LogP contribution in [0.2, 0.25) is 0 Å². The molecular weight excluding hydrogens is 354 g/mol. The van der Waals surface area contributed by atoms with E-state index in [1.807, 2.05) is 31.2 Å². The highest BCUT2D eigenvalue weighted by Crippen LogP contribution is 2.27. The summed E-state index contributed by atoms with van der Waals surface area (Å²) in [6.45, 7) is 4.63. The number of aromatic nitrogens is 3. The number of thiazole rings is 1. The van der Waals surface area contributed by atoms with Crippen molar-refractivity contribution in [2.45, 2.75) is 26.7 Å². The Labute approximate surface area is 154 Å². The first-order chi connectivity index (χ1) is 12.0. The zero-order valence-electron chi connectivity index (χ0n) is 14.1. The number of hydrogen-bond acceptors (Lipinski definition) is 7. The molecule has 130 valence electrons. The number of hydrogen-bond donors (Lipinski definition) is 2. The first-order valence-corrected chi connectivity index (χ1v) is 9.57. The average Bonchev–Trinajstić information content (AvgIpc) is 3.17. The van der Waals surface area contributed by atoms with E-state index in [1.165, 1.54) is 16.2 Å². The summed E-state index contributed by atoms with van der Waals surface area (Å²) in [5.41, 5.74) is 8.20. The van der Waals surface area contributed by atoms with Crippen LogP contribution in [0, 0.1) is 13.8 Å². The summed E-state index contributed by atoms with van der Waals surface area (Å²) in [6, 6.07) is 7.57. The summed E-state index contributed by atoms with van der Waals surface area (Å²) in [5.74, 6) is -0.0800. The molecule has 0 spiro atoms. The number of anilines is 1. The zero-order chi connectivity index (χ0) is 17.8. The van der Waals surface area contributed by atoms with Crippen LogP contribution < -0.4 is 11.1 Å². The lowest BCUT2D eigenvalue weighted by molar-refractivity contribution is 0.0953. The smallest absolute Gasteiger partial charge is 0.251 e. The Morgan fingerprint density at radius 3 is 2.76 bits per heavy atom. The molecule has 0 bridgehead atoms. The van der Waals surface area contributed by atoms with Crippen molar-refractivity contribution in [2.75, 3.05) is 12.3 Å². The Balaban J connectivity index is 1.57. The summed E-state index contributed by atoms with van der Waals surface area (Å²) in [5, 5.41) is 13.0. The van der Waals surface area contributed by atoms with Gasteiger partial charge in [-0.2, -0.15) is 0 Å². The van der Waals surface area contributed by atoms with Crippen molar-refractivity contribution in [2.24, 2.45) is 0 Å². The van der Waals surface area contributed by atoms with Crippen molar-refractivity contribution < 1.29 is 4.79 Å². The Morgan fingerprint density at radius 2 is 2.08 bits per heavy atom. The number of nitrogens with two attached hydrogens (primary N) is 1. The molecule has 2 heterocycles. The van der Waals surface area contributed by atoms with Gasteiger partial charge in [0.2, 0.25) is 5.13 Å². The summed E-state index contributed by atoms with van der Waals surface area (Å²) in [6.07, 6.45) is 1.55. The van der Waals surface area contributed by atoms with Crippen LogP contribution in [0.25, 0.3) is 10.6 Å². The lowest BCUT2D eigenvalue weighted by atomic mass is 10.1. The van der Waals surface area contributed by atoms with Gasteiger partial charge in [-0.25, -0.2) is 4.98 Å². The minimum absolute atomic E-state index is 0.0800. The topological polar surface area (TPSA) is 93.8 Å². The first-order valence-electron chi connectivity index (χ1n) is 7.93. The number of nitrogens with zero attached hydrogens (tertiary/aromatic N) is 3. The zero-order valence-corrected chi connectivity index (χ0v) is 15.7. The predicted molar refractivity (Wildman–Crippen MR) is 102 cm³/mol. The maximum absolute atomic E-state index is 12.3. The van der Waals surface area contributed by atoms with E-state index in [0.717, 1.165) is 34.1 Å². The van der Waals surface area contributed by atoms with Crippen LogP contribution in [0.1, 0.15) is 32.4 Å². The van der Waals surface area contributed by atoms with E-state index in [-0.39, 0.29) is 5.91 Å². The molecule has 25 heavy (non-hydrogen) atoms. The predicted octanol–water partition coefficient (Wildman–Crippen LogP) is 3.22. The number of amides is 1. The number of carbonyl (C=O) groups excluding carboxylic acids is 1. The molecule has 0 saturated heterocycles. The number of carbonyl (C=O) groups is 1. The van der Waals surface area contributed by atoms with Gasteiger partial charge >= 0.3 is 0 Å². The molecule has 3 rings (SSSR count). The number of nitrogens with one attached hydrogen (secondary N) is 1. The quantitative estimate of drug-likeness (QED) is 0.647. The second-order valence-electron chi connectivity index (χ2n) is 5.63. The molecule has 0 aliphatic carbocycles. The average molecular weight is 374 g/mol. The highest BCUT2D eigenvalue weighted by molar-refractivity contribution is 7.15. The van der Waals surface area contributed by atoms with Crippen molar-refractivity contribution in [3.8, 4) is 10.6 Å². The monoisotopic (exact) mass is 373 g/mol. The third-order valence-corrected chi connectivity index (χ3v) is 5.67. The van der Waals surface area contributed by atoms with E-state index in [2.05, 4.69) is 27.4 Å². The molecule has 3 aromatic rings. The van der Waals surface area contributed by atoms with Gasteiger partial charge in [-0.1, -0.05) is 23.5 Å². The largest absolute Gasteiger partial charge is 0.374 e. The Kier molecular flexibility index (Phi) is 5.40. The molecule has 1 aromatic carbocycles. The number of nitrogen functional groups attached to an aromatic ring is 1. The Bertz CT molecular complexity index is 867. The van der Waals surface area contributed by atoms with Crippen LogP contribution in [-0.4, -0.2) is 27.6 Å². The summed E-state index contributed by atoms with van der Waals surface area (Å²) in [7, 11) is 0. The molecule has 8 heteroatoms. The van der Waals surface area contributed by atoms with Crippen LogP contribution in [0.3, 0.4) is 0 Å². The molecule has 0 saturated carbocycles. The lowest BCUT2D eigenvalue weighted by Gasteiger charge is -2.05. The second kappa shape index (κ2) is 7.71. The Morgan fingerprint density at radius 1 is 1.24 bits per heavy atom. The van der Waals surface area contributed by atoms with E-state index >= 15 is 0 Å². The molecule has 0 fully saturated rings. The van der Waals surface area contributed by atoms with Gasteiger partial charge in [-0.05, 0) is 32.4 Å². The fraction of sp³-hybridized carbons (Fsp3) is 0.294. The second-order valence-corrected chi connectivity index (χ2v) is 7.93. The maximum Gasteiger partial charge on any atom is 0.251 e. The molecule has 3 N–H and O–H groups in total. The van der Waals surface area contributed by atoms with E-state index < -0.39 is 0 Å². The molecule has 0 aliphatic heterocycles. The number of rotatable bonds is 6. The maximum atomic E-state index is 12.3. The SMILES string of the molecule is Cc1nc(-c2cccc(C(=O)NCCCc3nnc(N)s3)c2)sc1C. The van der Waals surface area contributed by atoms with Gasteiger partial charge in [0.1, 0.15) is 10.0 Å². The van der Waals surface area contributed by atoms with E-state index in [0.29, 0.717) is 17.2 Å². The number of aryl methyl sites for hydroxylation is 3. The Hall–Kier alpha value is -2.32. The molecule has 0 atom stereocenters. The summed E-state index contributed by atoms with van der Waals surface area (Å²) in [4.78, 5) is 18.1. The highest BCUT2D eigenvalue weighted by atomic mass is 32.1. The minimum Gasteiger partial charge on any atom is -0.374 e. The van der Waals surface area contributed by atoms with Crippen LogP contribution in [-0.2, 0) is 6.42 Å². The van der Waals surface area contributed by atoms with Crippen LogP contribution in [0.15, 0.2) is 24.3 Å². The minimum atomic E-state index is -0.0800. The third-order valence-electron chi connectivity index (χ3n) is 3.74. The van der Waals surface area contributed by atoms with Crippen LogP contribution in [0.4, 0.5) is 5.13 Å². The van der Waals surface area contributed by atoms with Crippen molar-refractivity contribution in [3.05, 3.63) is 45.4 Å². The standard InChI is InChI=1S/C17H19N5OS2/c1-10-11(2)24-16(20-10)13-6-3-5-12(9-13)15(23)19-8-4-7-14-21-22-17(18)25-14/h3,5-6,9H,4,7-8H2,1-2H3,(H2,18,22)(H,19,23). The summed E-state index contributed by atoms with van der Waals surface area (Å²) < 4.78 is 0. The molecule has 0 radical (unpaired) electrons. The van der Waals surface area contributed by atoms with Gasteiger partial charge in [-0.3, -0.25) is 4.79 Å². The van der Waals surface area contributed by atoms with Gasteiger partial charge in [0.15, 0.2) is 0 Å². The van der Waals surface area contributed by atoms with Gasteiger partial charge < -0.3 is 11.1 Å². The molecule has 2 aromatic heterocycles. The third kappa shape index (κ3) is 4.40. The van der Waals surface area contributed by atoms with E-state index in [4.69, 9.17) is 5.73 Å². The van der Waals surface area contributed by atoms with Gasteiger partial charge in [0.25, 0.3) is 5.91 Å². The van der Waals surface area contributed by atoms with Crippen molar-refractivity contribution >= 4 is 33.7 Å². The fourth-order valence-corrected chi connectivity index (χ4v) is 3.86. The molecule has 0 unspecified atom stereocenters. The molecule has 6 nitrogen and oxygen atoms in total. The molecular formula is C17H19N5OS2. The first kappa shape index (κ1) is 17.5. The number of benzene rings is 1. The van der Waals surface area contributed by atoms with Crippen LogP contribution in [0.5, 0.6) is 0 Å². The lowest BCUT2D eigenvalue weighted by Crippen LogP contribution is -2.24. The van der Waals surface area contributed by atoms with Crippen molar-refractivity contribution in [1.82, 2.24) is 20.5 Å². The van der Waals surface area contributed by atoms with Gasteiger partial charge in [0, 0.05) is 29.0 Å². The van der Waals surface area contributed by atoms with E-state index in [9.17, 15) is 4.79 Å². The molecule has 0 aliphatic rings. The normalized spacial score (nSPS) is 10.8. The van der Waals surface area contributed by atoms with Gasteiger partial charge in [0.05, 0.1) is 5.69 Å². The van der Waals surface area contributed by atoms with Crippen molar-refractivity contribution in [1.29, 1.82) is 0 Å². The van der Waals surface area contributed by atoms with Crippen LogP contribution >= 0.6 is 22.7 Å². The fourth-order valence-electron chi connectivity index (χ4n) is 2.30. The summed E-state index contributed by atoms with van der Waals surface area (Å²) >= 11 is 3.03. The highest BCUT2D eigenvalue weighted by Gasteiger charge is 2.10. The van der Waals surface area contributed by atoms with E-state index in [1.54, 1.807) is 11.3 Å².